The Morgan fingerprint density at radius 3 is 1.00 bits per heavy atom. The summed E-state index contributed by atoms with van der Waals surface area (Å²) >= 11 is 0. The fraction of sp³-hybridized carbons (Fsp3) is 1.00. The number of hydrogen-bond donors (Lipinski definition) is 0. The third-order valence-corrected chi connectivity index (χ3v) is 16.9. The van der Waals surface area contributed by atoms with Gasteiger partial charge in [0, 0.05) is 7.74 Å². The van der Waals surface area contributed by atoms with Gasteiger partial charge in [-0.05, 0) is 99.4 Å². The van der Waals surface area contributed by atoms with Gasteiger partial charge >= 0.3 is 0 Å². The molecule has 0 aliphatic heterocycles. The van der Waals surface area contributed by atoms with Gasteiger partial charge < -0.3 is 4.81 Å². The van der Waals surface area contributed by atoms with Crippen molar-refractivity contribution in [2.75, 3.05) is 25.4 Å². The van der Waals surface area contributed by atoms with Crippen LogP contribution in [0.25, 0.3) is 0 Å². The van der Waals surface area contributed by atoms with E-state index in [-0.39, 0.29) is 15.8 Å². The van der Waals surface area contributed by atoms with Gasteiger partial charge in [0.15, 0.2) is 0 Å². The van der Waals surface area contributed by atoms with E-state index in [1.54, 1.807) is 51.4 Å². The fourth-order valence-corrected chi connectivity index (χ4v) is 15.5. The molecular weight excluding hydrogens is 434 g/mol. The average molecular weight is 486 g/mol. The zero-order chi connectivity index (χ0) is 22.7. The Labute approximate surface area is 211 Å². The molecule has 0 bridgehead atoms. The molecule has 0 saturated heterocycles. The van der Waals surface area contributed by atoms with Crippen LogP contribution >= 0.6 is 15.8 Å². The zero-order valence-electron chi connectivity index (χ0n) is 21.8. The molecule has 5 heteroatoms. The van der Waals surface area contributed by atoms with Crippen molar-refractivity contribution in [3.8, 4) is 0 Å². The van der Waals surface area contributed by atoms with E-state index in [1.165, 1.54) is 102 Å². The van der Waals surface area contributed by atoms with Crippen molar-refractivity contribution in [1.82, 2.24) is 4.81 Å². The highest BCUT2D eigenvalue weighted by Crippen LogP contribution is 2.57. The fourth-order valence-electron chi connectivity index (χ4n) is 7.73. The predicted octanol–water partition coefficient (Wildman–Crippen LogP) is 8.29. The van der Waals surface area contributed by atoms with E-state index < -0.39 is 0 Å². The number of hydrogen-bond acceptors (Lipinski definition) is 1. The lowest BCUT2D eigenvalue weighted by Crippen LogP contribution is -2.36. The van der Waals surface area contributed by atoms with Crippen molar-refractivity contribution in [2.24, 2.45) is 0 Å². The molecule has 4 aliphatic rings. The van der Waals surface area contributed by atoms with E-state index in [9.17, 15) is 0 Å². The standard InChI is InChI=1S/C28H52B2NP2/c29-30-31(21-23-32(25-13-5-1-6-14-25)26-15-7-2-8-16-26)22-24-33(27-17-9-3-10-18-27)28-19-11-4-12-20-28/h25-28H,1-24H2. The summed E-state index contributed by atoms with van der Waals surface area (Å²) in [5, 5.41) is 0. The van der Waals surface area contributed by atoms with Gasteiger partial charge in [-0.15, -0.1) is 0 Å². The molecule has 0 heterocycles. The molecule has 4 rings (SSSR count). The van der Waals surface area contributed by atoms with Crippen molar-refractivity contribution in [3.63, 3.8) is 0 Å². The molecule has 4 aliphatic carbocycles. The highest BCUT2D eigenvalue weighted by molar-refractivity contribution is 7.59. The van der Waals surface area contributed by atoms with E-state index in [1.807, 2.05) is 7.31 Å². The first-order valence-corrected chi connectivity index (χ1v) is 18.5. The highest BCUT2D eigenvalue weighted by Gasteiger charge is 2.33. The van der Waals surface area contributed by atoms with Gasteiger partial charge in [0.2, 0.25) is 0 Å². The summed E-state index contributed by atoms with van der Waals surface area (Å²) in [7, 11) is 8.67. The normalized spacial score (nSPS) is 25.3. The second-order valence-corrected chi connectivity index (χ2v) is 17.7. The first kappa shape index (κ1) is 27.0. The summed E-state index contributed by atoms with van der Waals surface area (Å²) < 4.78 is 0. The smallest absolute Gasteiger partial charge is 0.148 e. The first-order valence-electron chi connectivity index (χ1n) is 15.2. The zero-order valence-corrected chi connectivity index (χ0v) is 23.6. The van der Waals surface area contributed by atoms with Crippen molar-refractivity contribution in [1.29, 1.82) is 0 Å². The third-order valence-electron chi connectivity index (χ3n) is 9.68. The van der Waals surface area contributed by atoms with Gasteiger partial charge in [0.05, 0.1) is 0 Å². The quantitative estimate of drug-likeness (QED) is 0.210. The van der Waals surface area contributed by atoms with Crippen LogP contribution in [-0.2, 0) is 0 Å². The Kier molecular flexibility index (Phi) is 12.5. The molecule has 3 radical (unpaired) electrons. The minimum Gasteiger partial charge on any atom is -0.356 e. The van der Waals surface area contributed by atoms with Gasteiger partial charge in [0.25, 0.3) is 0 Å². The molecule has 0 N–H and O–H groups in total. The molecule has 0 aromatic rings. The van der Waals surface area contributed by atoms with Gasteiger partial charge in [-0.2, -0.15) is 0 Å². The first-order chi connectivity index (χ1) is 16.3. The van der Waals surface area contributed by atoms with Gasteiger partial charge in [-0.25, -0.2) is 0 Å². The molecular formula is C28H52B2NP2. The maximum absolute atomic E-state index is 6.27. The van der Waals surface area contributed by atoms with Crippen LogP contribution in [0.4, 0.5) is 0 Å². The van der Waals surface area contributed by atoms with Crippen LogP contribution in [0.5, 0.6) is 0 Å². The lowest BCUT2D eigenvalue weighted by Gasteiger charge is -2.41. The predicted molar refractivity (Wildman–Crippen MR) is 154 cm³/mol. The molecule has 0 unspecified atom stereocenters. The summed E-state index contributed by atoms with van der Waals surface area (Å²) in [5.41, 5.74) is 4.33. The van der Waals surface area contributed by atoms with Gasteiger partial charge in [0.1, 0.15) is 7.31 Å². The van der Waals surface area contributed by atoms with Crippen LogP contribution in [0.3, 0.4) is 0 Å². The third kappa shape index (κ3) is 8.50. The number of rotatable bonds is 11. The average Bonchev–Trinajstić information content (AvgIpc) is 2.90. The van der Waals surface area contributed by atoms with Gasteiger partial charge in [-0.3, -0.25) is 0 Å². The van der Waals surface area contributed by atoms with Gasteiger partial charge in [-0.1, -0.05) is 92.9 Å². The molecule has 4 saturated carbocycles. The van der Waals surface area contributed by atoms with E-state index in [2.05, 4.69) is 4.81 Å². The number of nitrogens with zero attached hydrogens (tertiary/aromatic N) is 1. The molecule has 0 aromatic heterocycles. The molecule has 33 heavy (non-hydrogen) atoms. The van der Waals surface area contributed by atoms with Crippen LogP contribution < -0.4 is 0 Å². The Morgan fingerprint density at radius 2 is 0.758 bits per heavy atom. The van der Waals surface area contributed by atoms with Crippen LogP contribution in [-0.4, -0.2) is 67.9 Å². The lowest BCUT2D eigenvalue weighted by molar-refractivity contribution is 0.468. The molecule has 0 atom stereocenters. The van der Waals surface area contributed by atoms with Crippen LogP contribution in [0, 0.1) is 0 Å². The van der Waals surface area contributed by atoms with Crippen molar-refractivity contribution in [3.05, 3.63) is 0 Å². The second kappa shape index (κ2) is 15.3. The summed E-state index contributed by atoms with van der Waals surface area (Å²) in [6.07, 6.45) is 33.4. The molecule has 4 fully saturated rings. The van der Waals surface area contributed by atoms with E-state index in [0.717, 1.165) is 22.6 Å². The maximum atomic E-state index is 6.27. The van der Waals surface area contributed by atoms with E-state index in [4.69, 9.17) is 7.74 Å². The maximum Gasteiger partial charge on any atom is 0.148 e. The molecule has 0 amide bonds. The molecule has 1 nitrogen and oxygen atoms in total. The Bertz CT molecular complexity index is 432. The monoisotopic (exact) mass is 486 g/mol. The van der Waals surface area contributed by atoms with Crippen LogP contribution in [0.15, 0.2) is 0 Å². The second-order valence-electron chi connectivity index (χ2n) is 11.8. The molecule has 185 valence electrons. The minimum atomic E-state index is 0.203. The highest BCUT2D eigenvalue weighted by atomic mass is 31.1. The Morgan fingerprint density at radius 1 is 0.485 bits per heavy atom. The van der Waals surface area contributed by atoms with Crippen LogP contribution in [0.2, 0.25) is 0 Å². The van der Waals surface area contributed by atoms with Crippen LogP contribution in [0.1, 0.15) is 128 Å². The Hall–Kier alpha value is 0.950. The summed E-state index contributed by atoms with van der Waals surface area (Å²) in [6, 6.07) is 0. The SMILES string of the molecule is [B][B]N(CCP(C1CCCCC1)C1CCCCC1)CCP(C1CCCCC1)C1CCCCC1. The summed E-state index contributed by atoms with van der Waals surface area (Å²) in [4.78, 5) is 2.59. The summed E-state index contributed by atoms with van der Waals surface area (Å²) in [5.74, 6) is 0. The molecule has 0 spiro atoms. The molecule has 0 aromatic carbocycles. The topological polar surface area (TPSA) is 3.24 Å². The van der Waals surface area contributed by atoms with E-state index >= 15 is 0 Å². The van der Waals surface area contributed by atoms with Crippen molar-refractivity contribution >= 4 is 30.9 Å². The van der Waals surface area contributed by atoms with Crippen molar-refractivity contribution < 1.29 is 0 Å². The van der Waals surface area contributed by atoms with Crippen molar-refractivity contribution in [2.45, 2.75) is 151 Å². The summed E-state index contributed by atoms with van der Waals surface area (Å²) in [6.45, 7) is 2.52. The minimum absolute atomic E-state index is 0.203. The largest absolute Gasteiger partial charge is 0.356 e. The van der Waals surface area contributed by atoms with E-state index in [0.29, 0.717) is 0 Å². The lowest BCUT2D eigenvalue weighted by atomic mass is 9.65. The Balaban J connectivity index is 1.31.